The van der Waals surface area contributed by atoms with E-state index in [0.717, 1.165) is 70.7 Å². The number of fused-ring (bicyclic) bond motifs is 2. The van der Waals surface area contributed by atoms with Gasteiger partial charge in [0.1, 0.15) is 5.82 Å². The first kappa shape index (κ1) is 24.4. The monoisotopic (exact) mass is 506 g/mol. The molecule has 1 aliphatic rings. The summed E-state index contributed by atoms with van der Waals surface area (Å²) in [7, 11) is 0. The molecular weight excluding hydrogens is 472 g/mol. The molecule has 0 unspecified atom stereocenters. The van der Waals surface area contributed by atoms with Crippen LogP contribution in [-0.4, -0.2) is 39.3 Å². The van der Waals surface area contributed by atoms with Crippen LogP contribution in [-0.2, 0) is 6.54 Å². The quantitative estimate of drug-likeness (QED) is 0.266. The molecule has 5 aromatic rings. The van der Waals surface area contributed by atoms with Crippen molar-refractivity contribution in [2.24, 2.45) is 5.92 Å². The summed E-state index contributed by atoms with van der Waals surface area (Å²) in [5.41, 5.74) is 6.19. The molecule has 0 bridgehead atoms. The molecule has 1 saturated heterocycles. The Morgan fingerprint density at radius 2 is 1.82 bits per heavy atom. The predicted molar refractivity (Wildman–Crippen MR) is 153 cm³/mol. The topological polar surface area (TPSA) is 76.4 Å². The standard InChI is InChI=1S/C31H34N6O/c1-21(2)26-19-34-37-29(17-30(36-31(26)37)38-20-22-13-15-32-16-14-22)33-18-24-8-3-5-9-25(24)28-12-11-23-7-4-6-10-27(23)35-28/h3-12,17,19,21-22,32-33H,13-16,18,20H2,1-2H3. The van der Waals surface area contributed by atoms with Crippen molar-refractivity contribution >= 4 is 22.4 Å². The smallest absolute Gasteiger partial charge is 0.219 e. The Balaban J connectivity index is 1.29. The number of hydrogen-bond acceptors (Lipinski definition) is 6. The number of ether oxygens (including phenoxy) is 1. The Bertz CT molecular complexity index is 1550. The molecule has 7 nitrogen and oxygen atoms in total. The summed E-state index contributed by atoms with van der Waals surface area (Å²) >= 11 is 0. The van der Waals surface area contributed by atoms with Crippen LogP contribution in [0.3, 0.4) is 0 Å². The maximum absolute atomic E-state index is 6.25. The van der Waals surface area contributed by atoms with Gasteiger partial charge in [0.15, 0.2) is 5.65 Å². The molecule has 38 heavy (non-hydrogen) atoms. The zero-order chi connectivity index (χ0) is 25.9. The summed E-state index contributed by atoms with van der Waals surface area (Å²) in [5, 5.41) is 12.9. The Kier molecular flexibility index (Phi) is 6.92. The Labute approximate surface area is 223 Å². The van der Waals surface area contributed by atoms with E-state index in [1.54, 1.807) is 0 Å². The van der Waals surface area contributed by atoms with Crippen LogP contribution in [0.2, 0.25) is 0 Å². The second kappa shape index (κ2) is 10.8. The highest BCUT2D eigenvalue weighted by atomic mass is 16.5. The first-order valence-electron chi connectivity index (χ1n) is 13.6. The highest BCUT2D eigenvalue weighted by Crippen LogP contribution is 2.28. The molecule has 2 aromatic carbocycles. The number of hydrogen-bond donors (Lipinski definition) is 2. The van der Waals surface area contributed by atoms with Crippen LogP contribution in [0.15, 0.2) is 72.9 Å². The molecule has 6 rings (SSSR count). The Hall–Kier alpha value is -3.97. The molecule has 0 radical (unpaired) electrons. The average Bonchev–Trinajstić information content (AvgIpc) is 3.40. The van der Waals surface area contributed by atoms with Crippen molar-refractivity contribution in [2.75, 3.05) is 25.0 Å². The van der Waals surface area contributed by atoms with Gasteiger partial charge in [-0.15, -0.1) is 0 Å². The maximum Gasteiger partial charge on any atom is 0.219 e. The molecule has 0 spiro atoms. The zero-order valence-corrected chi connectivity index (χ0v) is 22.0. The largest absolute Gasteiger partial charge is 0.477 e. The third-order valence-electron chi connectivity index (χ3n) is 7.37. The molecule has 0 saturated carbocycles. The molecular formula is C31H34N6O. The van der Waals surface area contributed by atoms with Crippen LogP contribution < -0.4 is 15.4 Å². The Morgan fingerprint density at radius 3 is 2.68 bits per heavy atom. The summed E-state index contributed by atoms with van der Waals surface area (Å²) in [6, 6.07) is 22.8. The fourth-order valence-corrected chi connectivity index (χ4v) is 5.14. The summed E-state index contributed by atoms with van der Waals surface area (Å²) in [5.74, 6) is 2.38. The number of nitrogens with one attached hydrogen (secondary N) is 2. The summed E-state index contributed by atoms with van der Waals surface area (Å²) in [4.78, 5) is 9.80. The highest BCUT2D eigenvalue weighted by molar-refractivity contribution is 5.82. The number of anilines is 1. The molecule has 0 atom stereocenters. The van der Waals surface area contributed by atoms with Gasteiger partial charge in [0, 0.05) is 29.1 Å². The molecule has 2 N–H and O–H groups in total. The second-order valence-electron chi connectivity index (χ2n) is 10.4. The van der Waals surface area contributed by atoms with Gasteiger partial charge in [0.25, 0.3) is 0 Å². The van der Waals surface area contributed by atoms with Crippen LogP contribution in [0.25, 0.3) is 27.8 Å². The number of rotatable bonds is 8. The first-order chi connectivity index (χ1) is 18.7. The van der Waals surface area contributed by atoms with Crippen LogP contribution in [0.1, 0.15) is 43.7 Å². The van der Waals surface area contributed by atoms with E-state index in [9.17, 15) is 0 Å². The van der Waals surface area contributed by atoms with E-state index >= 15 is 0 Å². The zero-order valence-electron chi connectivity index (χ0n) is 22.0. The summed E-state index contributed by atoms with van der Waals surface area (Å²) in [6.07, 6.45) is 4.19. The number of pyridine rings is 1. The van der Waals surface area contributed by atoms with E-state index < -0.39 is 0 Å². The van der Waals surface area contributed by atoms with Gasteiger partial charge in [-0.25, -0.2) is 4.98 Å². The molecule has 194 valence electrons. The minimum Gasteiger partial charge on any atom is -0.477 e. The van der Waals surface area contributed by atoms with Crippen LogP contribution in [0, 0.1) is 5.92 Å². The lowest BCUT2D eigenvalue weighted by molar-refractivity contribution is 0.209. The van der Waals surface area contributed by atoms with E-state index in [-0.39, 0.29) is 0 Å². The fraction of sp³-hybridized carbons (Fsp3) is 0.323. The van der Waals surface area contributed by atoms with Gasteiger partial charge in [-0.1, -0.05) is 62.4 Å². The third-order valence-corrected chi connectivity index (χ3v) is 7.37. The van der Waals surface area contributed by atoms with Crippen molar-refractivity contribution in [3.05, 3.63) is 84.1 Å². The minimum absolute atomic E-state index is 0.312. The van der Waals surface area contributed by atoms with Crippen LogP contribution >= 0.6 is 0 Å². The van der Waals surface area contributed by atoms with Crippen LogP contribution in [0.5, 0.6) is 5.88 Å². The van der Waals surface area contributed by atoms with Crippen molar-refractivity contribution in [1.82, 2.24) is 24.9 Å². The lowest BCUT2D eigenvalue weighted by Crippen LogP contribution is -2.30. The molecule has 1 fully saturated rings. The number of piperidine rings is 1. The van der Waals surface area contributed by atoms with Gasteiger partial charge in [-0.05, 0) is 55.5 Å². The van der Waals surface area contributed by atoms with Crippen LogP contribution in [0.4, 0.5) is 5.82 Å². The van der Waals surface area contributed by atoms with Gasteiger partial charge < -0.3 is 15.4 Å². The normalized spacial score (nSPS) is 14.4. The van der Waals surface area contributed by atoms with E-state index in [0.29, 0.717) is 30.9 Å². The third kappa shape index (κ3) is 5.07. The molecule has 0 amide bonds. The lowest BCUT2D eigenvalue weighted by atomic mass is 9.99. The molecule has 1 aliphatic heterocycles. The predicted octanol–water partition coefficient (Wildman–Crippen LogP) is 6.06. The maximum atomic E-state index is 6.25. The van der Waals surface area contributed by atoms with Crippen molar-refractivity contribution in [2.45, 2.75) is 39.2 Å². The Morgan fingerprint density at radius 1 is 1.00 bits per heavy atom. The minimum atomic E-state index is 0.312. The SMILES string of the molecule is CC(C)c1cnn2c(NCc3ccccc3-c3ccc4ccccc4n3)cc(OCC3CCNCC3)nc12. The summed E-state index contributed by atoms with van der Waals surface area (Å²) in [6.45, 7) is 7.75. The van der Waals surface area contributed by atoms with Gasteiger partial charge >= 0.3 is 0 Å². The molecule has 3 aromatic heterocycles. The van der Waals surface area contributed by atoms with Gasteiger partial charge in [0.05, 0.1) is 24.0 Å². The molecule has 0 aliphatic carbocycles. The summed E-state index contributed by atoms with van der Waals surface area (Å²) < 4.78 is 8.15. The van der Waals surface area contributed by atoms with Crippen molar-refractivity contribution in [1.29, 1.82) is 0 Å². The van der Waals surface area contributed by atoms with Gasteiger partial charge in [0.2, 0.25) is 5.88 Å². The lowest BCUT2D eigenvalue weighted by Gasteiger charge is -2.22. The van der Waals surface area contributed by atoms with E-state index in [4.69, 9.17) is 14.7 Å². The van der Waals surface area contributed by atoms with Crippen molar-refractivity contribution in [3.63, 3.8) is 0 Å². The number of nitrogens with zero attached hydrogens (tertiary/aromatic N) is 4. The fourth-order valence-electron chi connectivity index (χ4n) is 5.14. The van der Waals surface area contributed by atoms with Crippen molar-refractivity contribution < 1.29 is 4.74 Å². The molecule has 7 heteroatoms. The molecule has 4 heterocycles. The second-order valence-corrected chi connectivity index (χ2v) is 10.4. The highest BCUT2D eigenvalue weighted by Gasteiger charge is 2.18. The van der Waals surface area contributed by atoms with E-state index in [2.05, 4.69) is 78.1 Å². The van der Waals surface area contributed by atoms with E-state index in [1.165, 1.54) is 0 Å². The van der Waals surface area contributed by atoms with Gasteiger partial charge in [-0.3, -0.25) is 0 Å². The number of aromatic nitrogens is 4. The number of benzene rings is 2. The van der Waals surface area contributed by atoms with E-state index in [1.807, 2.05) is 28.9 Å². The number of para-hydroxylation sites is 1. The van der Waals surface area contributed by atoms with Crippen molar-refractivity contribution in [3.8, 4) is 17.1 Å². The first-order valence-corrected chi connectivity index (χ1v) is 13.6. The average molecular weight is 507 g/mol. The van der Waals surface area contributed by atoms with Gasteiger partial charge in [-0.2, -0.15) is 14.6 Å².